The van der Waals surface area contributed by atoms with Gasteiger partial charge in [-0.3, -0.25) is 38.8 Å². The van der Waals surface area contributed by atoms with E-state index in [9.17, 15) is 29.4 Å². The predicted molar refractivity (Wildman–Crippen MR) is 178 cm³/mol. The number of nitrogens with zero attached hydrogens (tertiary/aromatic N) is 4. The van der Waals surface area contributed by atoms with Crippen LogP contribution in [-0.2, 0) is 49.3 Å². The molecule has 0 amide bonds. The van der Waals surface area contributed by atoms with E-state index in [1.807, 2.05) is 33.8 Å². The summed E-state index contributed by atoms with van der Waals surface area (Å²) in [6, 6.07) is 6.31. The van der Waals surface area contributed by atoms with Gasteiger partial charge >= 0.3 is 23.9 Å². The highest BCUT2D eigenvalue weighted by atomic mass is 16.6. The number of carboxylic acid groups (broad SMARTS) is 2. The summed E-state index contributed by atoms with van der Waals surface area (Å²) in [5.74, 6) is -2.25. The lowest BCUT2D eigenvalue weighted by atomic mass is 10.0. The van der Waals surface area contributed by atoms with Crippen LogP contribution in [0.2, 0.25) is 0 Å². The van der Waals surface area contributed by atoms with Crippen molar-refractivity contribution in [1.82, 2.24) is 19.6 Å². The van der Waals surface area contributed by atoms with E-state index in [1.165, 1.54) is 14.2 Å². The van der Waals surface area contributed by atoms with Gasteiger partial charge in [-0.25, -0.2) is 0 Å². The van der Waals surface area contributed by atoms with Gasteiger partial charge in [-0.15, -0.1) is 0 Å². The molecule has 0 bridgehead atoms. The van der Waals surface area contributed by atoms with Crippen LogP contribution in [0.15, 0.2) is 24.3 Å². The Morgan fingerprint density at radius 1 is 0.653 bits per heavy atom. The molecule has 1 atom stereocenters. The first-order valence-electron chi connectivity index (χ1n) is 16.6. The number of carbonyl (C=O) groups is 4. The molecule has 1 saturated heterocycles. The molecule has 1 aliphatic heterocycles. The molecule has 2 rings (SSSR count). The molecule has 1 fully saturated rings. The molecule has 0 unspecified atom stereocenters. The van der Waals surface area contributed by atoms with Gasteiger partial charge in [0.2, 0.25) is 0 Å². The molecule has 1 aliphatic rings. The molecule has 1 heterocycles. The van der Waals surface area contributed by atoms with E-state index in [1.54, 1.807) is 17.0 Å². The van der Waals surface area contributed by atoms with Crippen LogP contribution < -0.4 is 4.74 Å². The average Bonchev–Trinajstić information content (AvgIpc) is 3.08. The van der Waals surface area contributed by atoms with Crippen molar-refractivity contribution in [3.8, 4) is 5.75 Å². The minimum Gasteiger partial charge on any atom is -0.491 e. The van der Waals surface area contributed by atoms with Gasteiger partial charge in [-0.1, -0.05) is 12.1 Å². The van der Waals surface area contributed by atoms with E-state index in [0.717, 1.165) is 5.56 Å². The number of ether oxygens (including phenoxy) is 6. The monoisotopic (exact) mass is 698 g/mol. The van der Waals surface area contributed by atoms with Crippen LogP contribution in [0.1, 0.15) is 12.5 Å². The zero-order valence-electron chi connectivity index (χ0n) is 29.1. The number of carboxylic acids is 2. The molecule has 0 spiro atoms. The van der Waals surface area contributed by atoms with Crippen molar-refractivity contribution in [2.45, 2.75) is 19.4 Å². The first-order valence-corrected chi connectivity index (χ1v) is 16.6. The van der Waals surface area contributed by atoms with Crippen molar-refractivity contribution >= 4 is 23.9 Å². The van der Waals surface area contributed by atoms with Gasteiger partial charge in [0.15, 0.2) is 0 Å². The fourth-order valence-electron chi connectivity index (χ4n) is 5.14. The lowest BCUT2D eigenvalue weighted by molar-refractivity contribution is -0.145. The van der Waals surface area contributed by atoms with Crippen molar-refractivity contribution < 1.29 is 57.8 Å². The van der Waals surface area contributed by atoms with Crippen molar-refractivity contribution in [3.05, 3.63) is 29.8 Å². The van der Waals surface area contributed by atoms with Gasteiger partial charge < -0.3 is 38.6 Å². The Balaban J connectivity index is 2.07. The maximum Gasteiger partial charge on any atom is 0.321 e. The number of methoxy groups -OCH3 is 2. The van der Waals surface area contributed by atoms with Crippen molar-refractivity contribution in [2.24, 2.45) is 0 Å². The summed E-state index contributed by atoms with van der Waals surface area (Å²) < 4.78 is 31.6. The number of benzene rings is 1. The highest BCUT2D eigenvalue weighted by Gasteiger charge is 2.28. The summed E-state index contributed by atoms with van der Waals surface area (Å²) in [4.78, 5) is 55.9. The quantitative estimate of drug-likeness (QED) is 0.127. The van der Waals surface area contributed by atoms with Crippen molar-refractivity contribution in [2.75, 3.05) is 132 Å². The summed E-state index contributed by atoms with van der Waals surface area (Å²) >= 11 is 0. The van der Waals surface area contributed by atoms with Gasteiger partial charge in [0, 0.05) is 59.0 Å². The number of aliphatic carboxylic acids is 2. The van der Waals surface area contributed by atoms with Crippen LogP contribution in [-0.4, -0.2) is 192 Å². The molecular formula is C33H54N4O12. The second kappa shape index (κ2) is 24.7. The van der Waals surface area contributed by atoms with E-state index in [0.29, 0.717) is 91.3 Å². The molecule has 1 aromatic carbocycles. The number of hydrogen-bond donors (Lipinski definition) is 2. The largest absolute Gasteiger partial charge is 0.491 e. The lowest BCUT2D eigenvalue weighted by Gasteiger charge is -2.35. The molecule has 0 radical (unpaired) electrons. The summed E-state index contributed by atoms with van der Waals surface area (Å²) in [6.07, 6.45) is 0.199. The zero-order valence-corrected chi connectivity index (χ0v) is 29.1. The van der Waals surface area contributed by atoms with E-state index in [2.05, 4.69) is 0 Å². The van der Waals surface area contributed by atoms with Gasteiger partial charge in [0.1, 0.15) is 18.4 Å². The number of esters is 2. The van der Waals surface area contributed by atoms with Crippen LogP contribution in [0.3, 0.4) is 0 Å². The van der Waals surface area contributed by atoms with Gasteiger partial charge in [0.05, 0.1) is 66.9 Å². The molecule has 0 saturated carbocycles. The Morgan fingerprint density at radius 2 is 1.10 bits per heavy atom. The molecule has 49 heavy (non-hydrogen) atoms. The van der Waals surface area contributed by atoms with E-state index in [-0.39, 0.29) is 39.1 Å². The van der Waals surface area contributed by atoms with Crippen molar-refractivity contribution in [1.29, 1.82) is 0 Å². The van der Waals surface area contributed by atoms with Gasteiger partial charge in [0.25, 0.3) is 0 Å². The van der Waals surface area contributed by atoms with Crippen LogP contribution in [0.25, 0.3) is 0 Å². The molecular weight excluding hydrogens is 644 g/mol. The normalized spacial score (nSPS) is 16.6. The number of hydrogen-bond acceptors (Lipinski definition) is 14. The first kappa shape index (κ1) is 41.8. The third kappa shape index (κ3) is 18.3. The second-order valence-corrected chi connectivity index (χ2v) is 11.4. The average molecular weight is 699 g/mol. The molecule has 1 aromatic rings. The smallest absolute Gasteiger partial charge is 0.321 e. The van der Waals surface area contributed by atoms with Crippen LogP contribution in [0.4, 0.5) is 0 Å². The molecule has 2 N–H and O–H groups in total. The summed E-state index contributed by atoms with van der Waals surface area (Å²) in [6.45, 7) is 7.80. The van der Waals surface area contributed by atoms with E-state index >= 15 is 0 Å². The summed E-state index contributed by atoms with van der Waals surface area (Å²) in [5, 5.41) is 19.9. The number of rotatable bonds is 21. The van der Waals surface area contributed by atoms with Crippen LogP contribution in [0, 0.1) is 0 Å². The van der Waals surface area contributed by atoms with E-state index < -0.39 is 29.9 Å². The maximum atomic E-state index is 12.7. The topological polar surface area (TPSA) is 177 Å². The molecule has 16 nitrogen and oxygen atoms in total. The Kier molecular flexibility index (Phi) is 21.1. The second-order valence-electron chi connectivity index (χ2n) is 11.4. The fraction of sp³-hybridized carbons (Fsp3) is 0.697. The van der Waals surface area contributed by atoms with Gasteiger partial charge in [-0.2, -0.15) is 0 Å². The highest BCUT2D eigenvalue weighted by molar-refractivity contribution is 5.74. The highest BCUT2D eigenvalue weighted by Crippen LogP contribution is 2.16. The molecule has 0 aromatic heterocycles. The number of carbonyl (C=O) groups excluding carboxylic acids is 2. The first-order chi connectivity index (χ1) is 23.6. The lowest BCUT2D eigenvalue weighted by Crippen LogP contribution is -2.52. The fourth-order valence-corrected chi connectivity index (χ4v) is 5.14. The van der Waals surface area contributed by atoms with Gasteiger partial charge in [-0.05, 0) is 31.0 Å². The molecule has 0 aliphatic carbocycles. The Labute approximate surface area is 288 Å². The Hall–Kier alpha value is -3.38. The van der Waals surface area contributed by atoms with Crippen molar-refractivity contribution in [3.63, 3.8) is 0 Å². The standard InChI is InChI=1S/C33H54N4O12/c1-4-46-17-18-47-19-20-48-21-22-49-28-7-5-27(6-8-28)23-29(33(42)43)37-15-13-34(24-30(38)39)9-10-35(25-31(40)44-2)11-12-36(14-16-37)26-32(41)45-3/h5-8,29H,4,9-26H2,1-3H3,(H,38,39)(H,42,43)/t29-/m1/s1. The molecule has 278 valence electrons. The minimum absolute atomic E-state index is 0.00592. The summed E-state index contributed by atoms with van der Waals surface area (Å²) in [7, 11) is 2.61. The Morgan fingerprint density at radius 3 is 1.55 bits per heavy atom. The zero-order chi connectivity index (χ0) is 35.9. The van der Waals surface area contributed by atoms with Crippen LogP contribution >= 0.6 is 0 Å². The Bertz CT molecular complexity index is 1110. The predicted octanol–water partition coefficient (Wildman–Crippen LogP) is -0.217. The third-order valence-electron chi connectivity index (χ3n) is 7.91. The van der Waals surface area contributed by atoms with E-state index in [4.69, 9.17) is 28.4 Å². The van der Waals surface area contributed by atoms with Crippen LogP contribution in [0.5, 0.6) is 5.75 Å². The minimum atomic E-state index is -1.01. The molecule has 16 heteroatoms. The third-order valence-corrected chi connectivity index (χ3v) is 7.91. The SMILES string of the molecule is CCOCCOCCOCCOc1ccc(C[C@H](C(=O)O)N2CCN(CC(=O)O)CCN(CC(=O)OC)CCN(CC(=O)OC)CC2)cc1. The summed E-state index contributed by atoms with van der Waals surface area (Å²) in [5.41, 5.74) is 0.790. The maximum absolute atomic E-state index is 12.7.